The Morgan fingerprint density at radius 2 is 1.85 bits per heavy atom. The van der Waals surface area contributed by atoms with Crippen molar-refractivity contribution in [2.45, 2.75) is 59.8 Å². The van der Waals surface area contributed by atoms with Crippen molar-refractivity contribution < 1.29 is 23.1 Å². The number of nitrogens with two attached hydrogens (primary N) is 2. The highest BCUT2D eigenvalue weighted by molar-refractivity contribution is 7.22. The lowest BCUT2D eigenvalue weighted by Crippen LogP contribution is -2.19. The Bertz CT molecular complexity index is 2270. The minimum Gasteiger partial charge on any atom is -0.493 e. The molecule has 2 aromatic carbocycles. The summed E-state index contributed by atoms with van der Waals surface area (Å²) in [5.74, 6) is 2.07. The molecule has 0 saturated heterocycles. The molecule has 1 amide bonds. The van der Waals surface area contributed by atoms with E-state index in [1.165, 1.54) is 35.6 Å². The predicted molar refractivity (Wildman–Crippen MR) is 203 cm³/mol. The first-order valence-electron chi connectivity index (χ1n) is 17.0. The first-order chi connectivity index (χ1) is 24.9. The number of nitrogens with zero attached hydrogens (tertiary/aromatic N) is 4. The summed E-state index contributed by atoms with van der Waals surface area (Å²) in [4.78, 5) is 22.4. The van der Waals surface area contributed by atoms with Gasteiger partial charge in [-0.05, 0) is 85.4 Å². The van der Waals surface area contributed by atoms with Crippen LogP contribution in [0.1, 0.15) is 64.6 Å². The lowest BCUT2D eigenvalue weighted by atomic mass is 9.93. The van der Waals surface area contributed by atoms with Gasteiger partial charge in [0, 0.05) is 40.6 Å². The van der Waals surface area contributed by atoms with E-state index in [9.17, 15) is 9.18 Å². The molecule has 1 aliphatic heterocycles. The van der Waals surface area contributed by atoms with Crippen LogP contribution in [-0.4, -0.2) is 39.8 Å². The Hall–Kier alpha value is -5.07. The zero-order valence-corrected chi connectivity index (χ0v) is 31.3. The van der Waals surface area contributed by atoms with E-state index in [2.05, 4.69) is 29.0 Å². The van der Waals surface area contributed by atoms with Crippen molar-refractivity contribution in [3.8, 4) is 33.4 Å². The van der Waals surface area contributed by atoms with Crippen molar-refractivity contribution in [2.24, 2.45) is 11.7 Å². The van der Waals surface area contributed by atoms with E-state index in [0.29, 0.717) is 63.8 Å². The van der Waals surface area contributed by atoms with E-state index in [1.54, 1.807) is 13.1 Å². The Morgan fingerprint density at radius 3 is 2.54 bits per heavy atom. The number of carbonyl (C=O) groups excluding carboxylic acids is 1. The number of hydrogen-bond acceptors (Lipinski definition) is 10. The number of aryl methyl sites for hydroxylation is 3. The maximum absolute atomic E-state index is 13.1. The summed E-state index contributed by atoms with van der Waals surface area (Å²) in [5, 5.41) is 9.82. The summed E-state index contributed by atoms with van der Waals surface area (Å²) < 4.78 is 30.0. The standard InChI is InChI=1S/C21H22N6O2S.C10H11FO.C8H7ClO/c1-9(2)7-13-16(20(23)28)17(14-8-12-5-6-24-19(22)18(12)30-14)15(10(3)25-13)21-27-26-11(4)29-21;1-12-10-8-4-2-3-7(8)5-6-9(10)11;9-7-2-1-6-3-4-10-8(6)5-7/h5-6,8-9H,7H2,1-4H3,(H2,22,24)(H2,23,28);5-6H,2-4H2,1H3;1-2,5H,3-4H2. The largest absolute Gasteiger partial charge is 0.493 e. The molecular formula is C39H40ClFN6O4S. The van der Waals surface area contributed by atoms with Gasteiger partial charge in [0.05, 0.1) is 40.9 Å². The summed E-state index contributed by atoms with van der Waals surface area (Å²) >= 11 is 7.19. The molecule has 0 bridgehead atoms. The van der Waals surface area contributed by atoms with Gasteiger partial charge in [-0.15, -0.1) is 21.5 Å². The molecule has 0 radical (unpaired) electrons. The predicted octanol–water partition coefficient (Wildman–Crippen LogP) is 8.50. The molecule has 6 aromatic rings. The molecule has 0 fully saturated rings. The SMILES string of the molecule is COc1c(F)ccc2c1CCC2.Cc1nnc(-c2c(C)nc(CC(C)C)c(C(N)=O)c2-c2cc3ccnc(N)c3s2)o1.Clc1ccc2c(c1)OCC2. The second kappa shape index (κ2) is 15.7. The van der Waals surface area contributed by atoms with Gasteiger partial charge < -0.3 is 25.4 Å². The number of primary amides is 1. The van der Waals surface area contributed by atoms with Crippen molar-refractivity contribution in [2.75, 3.05) is 19.5 Å². The van der Waals surface area contributed by atoms with E-state index in [0.717, 1.165) is 63.6 Å². The molecule has 52 heavy (non-hydrogen) atoms. The Morgan fingerprint density at radius 1 is 1.06 bits per heavy atom. The average Bonchev–Trinajstić information content (AvgIpc) is 3.92. The van der Waals surface area contributed by atoms with Crippen molar-refractivity contribution in [1.29, 1.82) is 0 Å². The number of thiophene rings is 1. The van der Waals surface area contributed by atoms with Gasteiger partial charge in [-0.2, -0.15) is 0 Å². The Kier molecular flexibility index (Phi) is 11.1. The molecular weight excluding hydrogens is 703 g/mol. The third-order valence-corrected chi connectivity index (χ3v) is 10.2. The number of ether oxygens (including phenoxy) is 2. The topological polar surface area (TPSA) is 152 Å². The summed E-state index contributed by atoms with van der Waals surface area (Å²) in [6.07, 6.45) is 6.43. The molecule has 0 unspecified atom stereocenters. The van der Waals surface area contributed by atoms with E-state index in [4.69, 9.17) is 41.9 Å². The Balaban J connectivity index is 0.000000170. The highest BCUT2D eigenvalue weighted by Gasteiger charge is 2.28. The van der Waals surface area contributed by atoms with Crippen LogP contribution in [0.25, 0.3) is 32.0 Å². The van der Waals surface area contributed by atoms with Gasteiger partial charge in [0.1, 0.15) is 11.6 Å². The molecule has 0 spiro atoms. The number of methoxy groups -OCH3 is 1. The first kappa shape index (κ1) is 36.7. The van der Waals surface area contributed by atoms with Crippen LogP contribution in [0.15, 0.2) is 53.1 Å². The quantitative estimate of drug-likeness (QED) is 0.171. The zero-order chi connectivity index (χ0) is 37.1. The first-order valence-corrected chi connectivity index (χ1v) is 18.2. The molecule has 4 aromatic heterocycles. The van der Waals surface area contributed by atoms with Gasteiger partial charge in [-0.1, -0.05) is 37.6 Å². The van der Waals surface area contributed by atoms with Gasteiger partial charge >= 0.3 is 0 Å². The van der Waals surface area contributed by atoms with Crippen LogP contribution in [0.5, 0.6) is 11.5 Å². The van der Waals surface area contributed by atoms with Crippen molar-refractivity contribution in [3.05, 3.63) is 99.0 Å². The molecule has 2 aliphatic rings. The van der Waals surface area contributed by atoms with E-state index in [1.807, 2.05) is 43.3 Å². The summed E-state index contributed by atoms with van der Waals surface area (Å²) in [5.41, 5.74) is 18.5. The van der Waals surface area contributed by atoms with Crippen LogP contribution >= 0.6 is 22.9 Å². The smallest absolute Gasteiger partial charge is 0.251 e. The van der Waals surface area contributed by atoms with E-state index in [-0.39, 0.29) is 5.82 Å². The highest BCUT2D eigenvalue weighted by Crippen LogP contribution is 2.44. The number of hydrogen-bond donors (Lipinski definition) is 2. The van der Waals surface area contributed by atoms with Crippen LogP contribution in [0, 0.1) is 25.6 Å². The number of carbonyl (C=O) groups is 1. The second-order valence-electron chi connectivity index (χ2n) is 13.0. The summed E-state index contributed by atoms with van der Waals surface area (Å²) in [6, 6.07) is 13.0. The number of anilines is 1. The number of pyridine rings is 2. The molecule has 13 heteroatoms. The molecule has 10 nitrogen and oxygen atoms in total. The monoisotopic (exact) mass is 742 g/mol. The van der Waals surface area contributed by atoms with Crippen LogP contribution in [0.3, 0.4) is 0 Å². The zero-order valence-electron chi connectivity index (χ0n) is 29.7. The number of fused-ring (bicyclic) bond motifs is 3. The van der Waals surface area contributed by atoms with Gasteiger partial charge in [-0.25, -0.2) is 9.37 Å². The van der Waals surface area contributed by atoms with Crippen molar-refractivity contribution in [3.63, 3.8) is 0 Å². The van der Waals surface area contributed by atoms with Crippen molar-refractivity contribution in [1.82, 2.24) is 20.2 Å². The molecule has 0 saturated carbocycles. The third kappa shape index (κ3) is 7.73. The van der Waals surface area contributed by atoms with Gasteiger partial charge in [0.15, 0.2) is 11.6 Å². The fourth-order valence-electron chi connectivity index (χ4n) is 6.54. The molecule has 8 rings (SSSR count). The maximum atomic E-state index is 13.1. The fourth-order valence-corrected chi connectivity index (χ4v) is 7.82. The lowest BCUT2D eigenvalue weighted by molar-refractivity contribution is 0.0999. The van der Waals surface area contributed by atoms with E-state index < -0.39 is 5.91 Å². The van der Waals surface area contributed by atoms with Gasteiger partial charge in [0.2, 0.25) is 11.8 Å². The van der Waals surface area contributed by atoms with Crippen LogP contribution in [-0.2, 0) is 25.7 Å². The number of aromatic nitrogens is 4. The highest BCUT2D eigenvalue weighted by atomic mass is 35.5. The minimum atomic E-state index is -0.547. The number of benzene rings is 2. The maximum Gasteiger partial charge on any atom is 0.251 e. The molecule has 0 atom stereocenters. The molecule has 5 heterocycles. The fraction of sp³-hybridized carbons (Fsp3) is 0.308. The number of halogens is 2. The summed E-state index contributed by atoms with van der Waals surface area (Å²) in [7, 11) is 1.52. The third-order valence-electron chi connectivity index (χ3n) is 8.79. The van der Waals surface area contributed by atoms with Crippen molar-refractivity contribution >= 4 is 44.7 Å². The van der Waals surface area contributed by atoms with Crippen LogP contribution in [0.4, 0.5) is 10.2 Å². The van der Waals surface area contributed by atoms with E-state index >= 15 is 0 Å². The number of rotatable bonds is 6. The second-order valence-corrected chi connectivity index (χ2v) is 14.5. The van der Waals surface area contributed by atoms with Crippen LogP contribution < -0.4 is 20.9 Å². The lowest BCUT2D eigenvalue weighted by Gasteiger charge is -2.17. The van der Waals surface area contributed by atoms with Gasteiger partial charge in [-0.3, -0.25) is 9.78 Å². The minimum absolute atomic E-state index is 0.238. The number of nitrogen functional groups attached to an aromatic ring is 1. The average molecular weight is 743 g/mol. The normalized spacial score (nSPS) is 12.8. The Labute approximate surface area is 310 Å². The molecule has 1 aliphatic carbocycles. The van der Waals surface area contributed by atoms with Crippen LogP contribution in [0.2, 0.25) is 5.02 Å². The summed E-state index contributed by atoms with van der Waals surface area (Å²) in [6.45, 7) is 8.53. The molecule has 4 N–H and O–H groups in total. The van der Waals surface area contributed by atoms with Gasteiger partial charge in [0.25, 0.3) is 5.91 Å². The molecule has 270 valence electrons. The number of amides is 1.